The summed E-state index contributed by atoms with van der Waals surface area (Å²) in [5.41, 5.74) is 0.293. The molecule has 3 rings (SSSR count). The number of fused-ring (bicyclic) bond motifs is 1. The van der Waals surface area contributed by atoms with Gasteiger partial charge in [0.05, 0.1) is 4.90 Å². The lowest BCUT2D eigenvalue weighted by Crippen LogP contribution is -2.12. The average Bonchev–Trinajstić information content (AvgIpc) is 2.58. The molecule has 0 radical (unpaired) electrons. The van der Waals surface area contributed by atoms with Gasteiger partial charge in [-0.15, -0.1) is 0 Å². The van der Waals surface area contributed by atoms with E-state index in [9.17, 15) is 13.2 Å². The second-order valence-electron chi connectivity index (χ2n) is 5.24. The van der Waals surface area contributed by atoms with Gasteiger partial charge < -0.3 is 9.15 Å². The number of rotatable bonds is 4. The van der Waals surface area contributed by atoms with Crippen molar-refractivity contribution < 1.29 is 17.6 Å². The van der Waals surface area contributed by atoms with Crippen molar-refractivity contribution in [2.24, 2.45) is 5.14 Å². The first-order valence-electron chi connectivity index (χ1n) is 7.09. The normalized spacial score (nSPS) is 11.2. The quantitative estimate of drug-likeness (QED) is 0.712. The number of benzene rings is 2. The summed E-state index contributed by atoms with van der Waals surface area (Å²) in [7, 11) is -3.73. The van der Waals surface area contributed by atoms with E-state index in [1.165, 1.54) is 18.2 Å². The second kappa shape index (κ2) is 6.39. The van der Waals surface area contributed by atoms with Gasteiger partial charge in [-0.25, -0.2) is 18.4 Å². The lowest BCUT2D eigenvalue weighted by molar-refractivity contribution is 0.306. The molecular formula is C17H12N2O5S. The van der Waals surface area contributed by atoms with Crippen LogP contribution >= 0.6 is 0 Å². The first-order valence-corrected chi connectivity index (χ1v) is 8.64. The Hall–Kier alpha value is -3.15. The largest absolute Gasteiger partial charge is 0.489 e. The van der Waals surface area contributed by atoms with E-state index in [-0.39, 0.29) is 17.1 Å². The van der Waals surface area contributed by atoms with Crippen LogP contribution in [0, 0.1) is 11.3 Å². The molecule has 0 aliphatic heterocycles. The highest BCUT2D eigenvalue weighted by Gasteiger charge is 2.08. The highest BCUT2D eigenvalue weighted by molar-refractivity contribution is 7.89. The first kappa shape index (κ1) is 16.7. The Kier molecular flexibility index (Phi) is 4.27. The van der Waals surface area contributed by atoms with E-state index < -0.39 is 15.6 Å². The van der Waals surface area contributed by atoms with Gasteiger partial charge >= 0.3 is 5.63 Å². The van der Waals surface area contributed by atoms with Crippen LogP contribution in [-0.4, -0.2) is 8.42 Å². The zero-order valence-corrected chi connectivity index (χ0v) is 13.6. The lowest BCUT2D eigenvalue weighted by atomic mass is 10.2. The standard InChI is InChI=1S/C17H12N2O5S/c18-9-13-7-12-3-4-14(8-16(12)24-17(13)20)23-10-11-1-5-15(6-2-11)25(19,21)22/h1-8H,10H2,(H2,19,21,22). The molecule has 126 valence electrons. The van der Waals surface area contributed by atoms with Crippen molar-refractivity contribution in [3.05, 3.63) is 70.1 Å². The fraction of sp³-hybridized carbons (Fsp3) is 0.0588. The summed E-state index contributed by atoms with van der Waals surface area (Å²) in [5, 5.41) is 14.5. The van der Waals surface area contributed by atoms with Gasteiger partial charge in [-0.05, 0) is 35.9 Å². The van der Waals surface area contributed by atoms with E-state index >= 15 is 0 Å². The second-order valence-corrected chi connectivity index (χ2v) is 6.80. The molecule has 8 heteroatoms. The molecule has 1 heterocycles. The maximum absolute atomic E-state index is 11.6. The number of hydrogen-bond donors (Lipinski definition) is 1. The van der Waals surface area contributed by atoms with Gasteiger partial charge in [0, 0.05) is 11.5 Å². The van der Waals surface area contributed by atoms with Crippen LogP contribution in [0.15, 0.2) is 62.6 Å². The molecule has 0 amide bonds. The number of nitrogens with two attached hydrogens (primary N) is 1. The summed E-state index contributed by atoms with van der Waals surface area (Å²) in [6.07, 6.45) is 0. The molecule has 0 saturated carbocycles. The number of ether oxygens (including phenoxy) is 1. The highest BCUT2D eigenvalue weighted by Crippen LogP contribution is 2.21. The average molecular weight is 356 g/mol. The molecule has 2 N–H and O–H groups in total. The van der Waals surface area contributed by atoms with Gasteiger partial charge in [0.2, 0.25) is 10.0 Å². The minimum absolute atomic E-state index is 0.0250. The fourth-order valence-corrected chi connectivity index (χ4v) is 2.72. The van der Waals surface area contributed by atoms with Crippen molar-refractivity contribution in [1.29, 1.82) is 5.26 Å². The predicted octanol–water partition coefficient (Wildman–Crippen LogP) is 1.89. The third-order valence-corrected chi connectivity index (χ3v) is 4.41. The Bertz CT molecular complexity index is 1140. The van der Waals surface area contributed by atoms with E-state index in [1.807, 2.05) is 0 Å². The molecule has 2 aromatic carbocycles. The van der Waals surface area contributed by atoms with Crippen LogP contribution in [0.1, 0.15) is 11.1 Å². The summed E-state index contributed by atoms with van der Waals surface area (Å²) < 4.78 is 33.1. The monoisotopic (exact) mass is 356 g/mol. The zero-order chi connectivity index (χ0) is 18.0. The van der Waals surface area contributed by atoms with Crippen LogP contribution < -0.4 is 15.5 Å². The van der Waals surface area contributed by atoms with Gasteiger partial charge in [-0.3, -0.25) is 0 Å². The van der Waals surface area contributed by atoms with Crippen LogP contribution in [0.2, 0.25) is 0 Å². The minimum Gasteiger partial charge on any atom is -0.489 e. The summed E-state index contributed by atoms with van der Waals surface area (Å²) in [6, 6.07) is 14.1. The Balaban J connectivity index is 1.79. The molecule has 0 aliphatic rings. The van der Waals surface area contributed by atoms with E-state index in [4.69, 9.17) is 19.6 Å². The van der Waals surface area contributed by atoms with Gasteiger partial charge in [-0.2, -0.15) is 5.26 Å². The summed E-state index contributed by atoms with van der Waals surface area (Å²) in [6.45, 7) is 0.191. The molecule has 0 atom stereocenters. The van der Waals surface area contributed by atoms with Crippen LogP contribution in [-0.2, 0) is 16.6 Å². The van der Waals surface area contributed by atoms with Crippen molar-refractivity contribution in [1.82, 2.24) is 0 Å². The topological polar surface area (TPSA) is 123 Å². The van der Waals surface area contributed by atoms with E-state index in [1.54, 1.807) is 36.4 Å². The van der Waals surface area contributed by atoms with Gasteiger partial charge in [0.1, 0.15) is 29.6 Å². The molecule has 0 fully saturated rings. The Morgan fingerprint density at radius 2 is 1.84 bits per heavy atom. The van der Waals surface area contributed by atoms with Crippen molar-refractivity contribution in [2.75, 3.05) is 0 Å². The third-order valence-electron chi connectivity index (χ3n) is 3.49. The Morgan fingerprint density at radius 3 is 2.48 bits per heavy atom. The minimum atomic E-state index is -3.73. The molecular weight excluding hydrogens is 344 g/mol. The zero-order valence-electron chi connectivity index (χ0n) is 12.8. The number of hydrogen-bond acceptors (Lipinski definition) is 6. The molecule has 0 bridgehead atoms. The Morgan fingerprint density at radius 1 is 1.12 bits per heavy atom. The Labute approximate surface area is 142 Å². The van der Waals surface area contributed by atoms with Crippen LogP contribution in [0.25, 0.3) is 11.0 Å². The lowest BCUT2D eigenvalue weighted by Gasteiger charge is -2.07. The number of sulfonamides is 1. The van der Waals surface area contributed by atoms with Crippen molar-refractivity contribution in [3.8, 4) is 11.8 Å². The van der Waals surface area contributed by atoms with E-state index in [0.29, 0.717) is 16.7 Å². The summed E-state index contributed by atoms with van der Waals surface area (Å²) in [4.78, 5) is 11.6. The fourth-order valence-electron chi connectivity index (χ4n) is 2.20. The number of primary sulfonamides is 1. The summed E-state index contributed by atoms with van der Waals surface area (Å²) in [5.74, 6) is 0.468. The van der Waals surface area contributed by atoms with E-state index in [0.717, 1.165) is 5.56 Å². The third kappa shape index (κ3) is 3.68. The van der Waals surface area contributed by atoms with Gasteiger partial charge in [-0.1, -0.05) is 12.1 Å². The van der Waals surface area contributed by atoms with Gasteiger partial charge in [0.15, 0.2) is 0 Å². The molecule has 3 aromatic rings. The molecule has 0 aliphatic carbocycles. The van der Waals surface area contributed by atoms with Gasteiger partial charge in [0.25, 0.3) is 0 Å². The summed E-state index contributed by atoms with van der Waals surface area (Å²) >= 11 is 0. The number of nitriles is 1. The van der Waals surface area contributed by atoms with Crippen molar-refractivity contribution in [2.45, 2.75) is 11.5 Å². The maximum atomic E-state index is 11.6. The highest BCUT2D eigenvalue weighted by atomic mass is 32.2. The molecule has 0 unspecified atom stereocenters. The van der Waals surface area contributed by atoms with Crippen LogP contribution in [0.5, 0.6) is 5.75 Å². The number of nitrogens with zero attached hydrogens (tertiary/aromatic N) is 1. The first-order chi connectivity index (χ1) is 11.9. The maximum Gasteiger partial charge on any atom is 0.354 e. The molecule has 0 saturated heterocycles. The molecule has 1 aromatic heterocycles. The molecule has 7 nitrogen and oxygen atoms in total. The van der Waals surface area contributed by atoms with Crippen molar-refractivity contribution >= 4 is 21.0 Å². The van der Waals surface area contributed by atoms with Crippen LogP contribution in [0.3, 0.4) is 0 Å². The van der Waals surface area contributed by atoms with Crippen molar-refractivity contribution in [3.63, 3.8) is 0 Å². The molecule has 25 heavy (non-hydrogen) atoms. The predicted molar refractivity (Wildman–Crippen MR) is 89.3 cm³/mol. The van der Waals surface area contributed by atoms with Crippen LogP contribution in [0.4, 0.5) is 0 Å². The van der Waals surface area contributed by atoms with E-state index in [2.05, 4.69) is 0 Å². The SMILES string of the molecule is N#Cc1cc2ccc(OCc3ccc(S(N)(=O)=O)cc3)cc2oc1=O. The molecule has 0 spiro atoms. The smallest absolute Gasteiger partial charge is 0.354 e.